The van der Waals surface area contributed by atoms with Crippen LogP contribution in [0.2, 0.25) is 0 Å². The van der Waals surface area contributed by atoms with E-state index in [1.165, 1.54) is 24.6 Å². The summed E-state index contributed by atoms with van der Waals surface area (Å²) in [4.78, 5) is 15.9. The number of rotatable bonds is 6. The summed E-state index contributed by atoms with van der Waals surface area (Å²) in [5.74, 6) is 0.484. The molecule has 100 valence electrons. The number of hydrogen-bond donors (Lipinski definition) is 0. The van der Waals surface area contributed by atoms with E-state index >= 15 is 0 Å². The van der Waals surface area contributed by atoms with Gasteiger partial charge in [-0.05, 0) is 12.8 Å². The first kappa shape index (κ1) is 15.2. The lowest BCUT2D eigenvalue weighted by Gasteiger charge is -2.21. The zero-order valence-electron chi connectivity index (χ0n) is 10.6. The van der Waals surface area contributed by atoms with E-state index in [-0.39, 0.29) is 5.91 Å². The molecule has 1 saturated heterocycles. The molecular formula is C13H20N2OS2. The Morgan fingerprint density at radius 1 is 1.28 bits per heavy atom. The van der Waals surface area contributed by atoms with Gasteiger partial charge in [-0.2, -0.15) is 0 Å². The Hall–Kier alpha value is -0.810. The molecule has 0 N–H and O–H groups in total. The number of carbonyl (C=O) groups is 1. The summed E-state index contributed by atoms with van der Waals surface area (Å²) in [6, 6.07) is 0. The number of amides is 1. The Morgan fingerprint density at radius 3 is 2.33 bits per heavy atom. The van der Waals surface area contributed by atoms with Crippen molar-refractivity contribution in [2.24, 2.45) is 0 Å². The first-order chi connectivity index (χ1) is 8.69. The summed E-state index contributed by atoms with van der Waals surface area (Å²) in [6.07, 6.45) is 5.86. The number of likely N-dealkylation sites (tertiary alicyclic amines) is 1. The van der Waals surface area contributed by atoms with Crippen molar-refractivity contribution < 1.29 is 4.79 Å². The van der Waals surface area contributed by atoms with E-state index in [0.717, 1.165) is 17.4 Å². The van der Waals surface area contributed by atoms with Crippen molar-refractivity contribution >= 4 is 34.2 Å². The summed E-state index contributed by atoms with van der Waals surface area (Å²) < 4.78 is 0.845. The normalized spacial score (nSPS) is 14.3. The average molecular weight is 284 g/mol. The summed E-state index contributed by atoms with van der Waals surface area (Å²) in [5, 5.41) is 0. The molecule has 18 heavy (non-hydrogen) atoms. The fourth-order valence-corrected chi connectivity index (χ4v) is 2.95. The summed E-state index contributed by atoms with van der Waals surface area (Å²) in [5.41, 5.74) is 0. The van der Waals surface area contributed by atoms with Gasteiger partial charge in [0.1, 0.15) is 4.32 Å². The monoisotopic (exact) mass is 284 g/mol. The predicted molar refractivity (Wildman–Crippen MR) is 82.8 cm³/mol. The summed E-state index contributed by atoms with van der Waals surface area (Å²) in [7, 11) is 0. The van der Waals surface area contributed by atoms with Crippen LogP contribution < -0.4 is 0 Å². The van der Waals surface area contributed by atoms with Gasteiger partial charge in [-0.15, -0.1) is 13.2 Å². The van der Waals surface area contributed by atoms with Gasteiger partial charge < -0.3 is 9.80 Å². The van der Waals surface area contributed by atoms with Crippen molar-refractivity contribution in [1.29, 1.82) is 0 Å². The highest BCUT2D eigenvalue weighted by atomic mass is 32.2. The Morgan fingerprint density at radius 2 is 1.83 bits per heavy atom. The van der Waals surface area contributed by atoms with Crippen LogP contribution in [0.1, 0.15) is 12.8 Å². The summed E-state index contributed by atoms with van der Waals surface area (Å²) in [6.45, 7) is 10.5. The largest absolute Gasteiger partial charge is 0.358 e. The molecule has 3 nitrogen and oxygen atoms in total. The molecule has 0 saturated carbocycles. The Bertz CT molecular complexity index is 315. The maximum atomic E-state index is 12.0. The van der Waals surface area contributed by atoms with Crippen LogP contribution in [0.25, 0.3) is 0 Å². The van der Waals surface area contributed by atoms with Crippen LogP contribution >= 0.6 is 24.0 Å². The minimum absolute atomic E-state index is 0.0846. The molecule has 0 aromatic carbocycles. The zero-order chi connectivity index (χ0) is 13.4. The van der Waals surface area contributed by atoms with Crippen LogP contribution in [0.5, 0.6) is 0 Å². The molecule has 1 amide bonds. The minimum Gasteiger partial charge on any atom is -0.358 e. The van der Waals surface area contributed by atoms with E-state index in [9.17, 15) is 4.79 Å². The maximum absolute atomic E-state index is 12.0. The van der Waals surface area contributed by atoms with Gasteiger partial charge >= 0.3 is 0 Å². The van der Waals surface area contributed by atoms with Gasteiger partial charge in [0.05, 0.1) is 5.75 Å². The van der Waals surface area contributed by atoms with E-state index < -0.39 is 0 Å². The van der Waals surface area contributed by atoms with Crippen molar-refractivity contribution in [3.05, 3.63) is 25.3 Å². The van der Waals surface area contributed by atoms with Gasteiger partial charge in [-0.3, -0.25) is 4.79 Å². The smallest absolute Gasteiger partial charge is 0.233 e. The van der Waals surface area contributed by atoms with E-state index in [1.807, 2.05) is 0 Å². The lowest BCUT2D eigenvalue weighted by Crippen LogP contribution is -2.34. The highest BCUT2D eigenvalue weighted by molar-refractivity contribution is 8.23. The second kappa shape index (κ2) is 8.32. The van der Waals surface area contributed by atoms with Crippen molar-refractivity contribution in [3.8, 4) is 0 Å². The van der Waals surface area contributed by atoms with E-state index in [4.69, 9.17) is 12.2 Å². The molecule has 0 atom stereocenters. The molecule has 5 heteroatoms. The summed E-state index contributed by atoms with van der Waals surface area (Å²) >= 11 is 6.79. The molecule has 1 fully saturated rings. The van der Waals surface area contributed by atoms with Crippen LogP contribution in [0, 0.1) is 0 Å². The Labute approximate surface area is 119 Å². The number of thioether (sulfide) groups is 1. The second-order valence-corrected chi connectivity index (χ2v) is 5.73. The Kier molecular flexibility index (Phi) is 7.05. The van der Waals surface area contributed by atoms with Gasteiger partial charge in [0.2, 0.25) is 5.91 Å². The molecular weight excluding hydrogens is 264 g/mol. The first-order valence-electron chi connectivity index (χ1n) is 6.10. The second-order valence-electron chi connectivity index (χ2n) is 4.12. The van der Waals surface area contributed by atoms with Crippen molar-refractivity contribution in [2.75, 3.05) is 31.9 Å². The van der Waals surface area contributed by atoms with Crippen molar-refractivity contribution in [2.45, 2.75) is 12.8 Å². The van der Waals surface area contributed by atoms with E-state index in [2.05, 4.69) is 18.1 Å². The van der Waals surface area contributed by atoms with Crippen molar-refractivity contribution in [3.63, 3.8) is 0 Å². The number of nitrogens with zero attached hydrogens (tertiary/aromatic N) is 2. The first-order valence-corrected chi connectivity index (χ1v) is 7.49. The average Bonchev–Trinajstić information content (AvgIpc) is 2.89. The van der Waals surface area contributed by atoms with Crippen LogP contribution in [-0.2, 0) is 4.79 Å². The highest BCUT2D eigenvalue weighted by Crippen LogP contribution is 2.16. The van der Waals surface area contributed by atoms with Crippen molar-refractivity contribution in [1.82, 2.24) is 9.80 Å². The third-order valence-corrected chi connectivity index (χ3v) is 4.24. The minimum atomic E-state index is 0.0846. The number of carbonyl (C=O) groups excluding carboxylic acids is 1. The van der Waals surface area contributed by atoms with Gasteiger partial charge in [0.15, 0.2) is 0 Å². The molecule has 1 aliphatic rings. The van der Waals surface area contributed by atoms with Gasteiger partial charge in [0.25, 0.3) is 0 Å². The lowest BCUT2D eigenvalue weighted by molar-refractivity contribution is -0.127. The van der Waals surface area contributed by atoms with Gasteiger partial charge in [-0.1, -0.05) is 36.1 Å². The third-order valence-electron chi connectivity index (χ3n) is 2.74. The topological polar surface area (TPSA) is 23.6 Å². The molecule has 0 aromatic rings. The molecule has 0 aromatic heterocycles. The Balaban J connectivity index is 2.35. The fraction of sp³-hybridized carbons (Fsp3) is 0.538. The predicted octanol–water partition coefficient (Wildman–Crippen LogP) is 2.30. The van der Waals surface area contributed by atoms with Gasteiger partial charge in [0, 0.05) is 26.2 Å². The molecule has 0 spiro atoms. The third kappa shape index (κ3) is 4.82. The van der Waals surface area contributed by atoms with Crippen LogP contribution in [0.15, 0.2) is 25.3 Å². The van der Waals surface area contributed by atoms with E-state index in [0.29, 0.717) is 18.8 Å². The molecule has 0 radical (unpaired) electrons. The fourth-order valence-electron chi connectivity index (χ4n) is 1.80. The number of hydrogen-bond acceptors (Lipinski definition) is 3. The molecule has 0 bridgehead atoms. The molecule has 0 aliphatic carbocycles. The zero-order valence-corrected chi connectivity index (χ0v) is 12.3. The number of thiocarbonyl (C=S) groups is 1. The quantitative estimate of drug-likeness (QED) is 0.551. The van der Waals surface area contributed by atoms with Crippen LogP contribution in [0.3, 0.4) is 0 Å². The molecule has 1 rings (SSSR count). The lowest BCUT2D eigenvalue weighted by atomic mass is 10.4. The van der Waals surface area contributed by atoms with Crippen LogP contribution in [-0.4, -0.2) is 52.0 Å². The maximum Gasteiger partial charge on any atom is 0.233 e. The standard InChI is InChI=1S/C13H20N2OS2/c1-3-7-14(8-4-2)12(16)11-18-13(17)15-9-5-6-10-15/h3-4H,1-2,5-11H2. The highest BCUT2D eigenvalue weighted by Gasteiger charge is 2.17. The van der Waals surface area contributed by atoms with E-state index in [1.54, 1.807) is 17.1 Å². The molecule has 1 aliphatic heterocycles. The molecule has 1 heterocycles. The molecule has 0 unspecified atom stereocenters. The van der Waals surface area contributed by atoms with Crippen LogP contribution in [0.4, 0.5) is 0 Å². The SMILES string of the molecule is C=CCN(CC=C)C(=O)CSC(=S)N1CCCC1. The van der Waals surface area contributed by atoms with Gasteiger partial charge in [-0.25, -0.2) is 0 Å².